The molecule has 0 aliphatic carbocycles. The second-order valence-electron chi connectivity index (χ2n) is 6.59. The molecule has 0 N–H and O–H groups in total. The Balaban J connectivity index is 1.32. The molecule has 0 atom stereocenters. The van der Waals surface area contributed by atoms with Crippen LogP contribution in [0, 0.1) is 0 Å². The molecule has 4 rings (SSSR count). The molecule has 0 saturated carbocycles. The van der Waals surface area contributed by atoms with E-state index in [-0.39, 0.29) is 5.91 Å². The highest BCUT2D eigenvalue weighted by Crippen LogP contribution is 2.22. The Kier molecular flexibility index (Phi) is 5.51. The Morgan fingerprint density at radius 3 is 2.22 bits per heavy atom. The van der Waals surface area contributed by atoms with Crippen LogP contribution in [0.2, 0.25) is 0 Å². The molecule has 0 spiro atoms. The summed E-state index contributed by atoms with van der Waals surface area (Å²) in [6, 6.07) is 21.3. The zero-order valence-corrected chi connectivity index (χ0v) is 15.9. The molecule has 1 fully saturated rings. The molecule has 27 heavy (non-hydrogen) atoms. The first-order valence-corrected chi connectivity index (χ1v) is 10.0. The van der Waals surface area contributed by atoms with E-state index in [1.165, 1.54) is 4.88 Å². The van der Waals surface area contributed by atoms with Crippen molar-refractivity contribution in [2.75, 3.05) is 26.2 Å². The molecule has 4 nitrogen and oxygen atoms in total. The number of carbonyl (C=O) groups excluding carboxylic acids is 1. The van der Waals surface area contributed by atoms with E-state index >= 15 is 0 Å². The molecule has 5 heteroatoms. The number of hydrogen-bond acceptors (Lipinski definition) is 4. The standard InChI is InChI=1S/C22H22N2O2S/c25-22(24-14-12-23(13-15-24)17-21-7-4-16-27-21)18-8-10-20(11-9-18)26-19-5-2-1-3-6-19/h1-11,16H,12-15,17H2. The van der Waals surface area contributed by atoms with Crippen molar-refractivity contribution in [1.82, 2.24) is 9.80 Å². The Bertz CT molecular complexity index is 855. The normalized spacial score (nSPS) is 14.9. The quantitative estimate of drug-likeness (QED) is 0.655. The van der Waals surface area contributed by atoms with Gasteiger partial charge in [0.15, 0.2) is 0 Å². The van der Waals surface area contributed by atoms with Crippen molar-refractivity contribution in [2.45, 2.75) is 6.54 Å². The lowest BCUT2D eigenvalue weighted by atomic mass is 10.1. The number of carbonyl (C=O) groups is 1. The van der Waals surface area contributed by atoms with Gasteiger partial charge in [-0.1, -0.05) is 24.3 Å². The van der Waals surface area contributed by atoms with Gasteiger partial charge < -0.3 is 9.64 Å². The number of thiophene rings is 1. The summed E-state index contributed by atoms with van der Waals surface area (Å²) in [4.78, 5) is 18.5. The van der Waals surface area contributed by atoms with E-state index in [1.54, 1.807) is 11.3 Å². The van der Waals surface area contributed by atoms with Gasteiger partial charge >= 0.3 is 0 Å². The first kappa shape index (κ1) is 17.8. The fourth-order valence-corrected chi connectivity index (χ4v) is 3.95. The third-order valence-corrected chi connectivity index (χ3v) is 5.56. The number of para-hydroxylation sites is 1. The van der Waals surface area contributed by atoms with E-state index in [9.17, 15) is 4.79 Å². The van der Waals surface area contributed by atoms with Crippen LogP contribution in [-0.4, -0.2) is 41.9 Å². The van der Waals surface area contributed by atoms with E-state index in [0.29, 0.717) is 5.56 Å². The van der Waals surface area contributed by atoms with Crippen LogP contribution >= 0.6 is 11.3 Å². The summed E-state index contributed by atoms with van der Waals surface area (Å²) in [7, 11) is 0. The Morgan fingerprint density at radius 1 is 0.852 bits per heavy atom. The first-order valence-electron chi connectivity index (χ1n) is 9.15. The fraction of sp³-hybridized carbons (Fsp3) is 0.227. The van der Waals surface area contributed by atoms with E-state index in [1.807, 2.05) is 59.5 Å². The number of benzene rings is 2. The van der Waals surface area contributed by atoms with E-state index in [0.717, 1.165) is 44.2 Å². The van der Waals surface area contributed by atoms with E-state index in [2.05, 4.69) is 22.4 Å². The molecule has 2 heterocycles. The van der Waals surface area contributed by atoms with Crippen molar-refractivity contribution >= 4 is 17.2 Å². The SMILES string of the molecule is O=C(c1ccc(Oc2ccccc2)cc1)N1CCN(Cc2cccs2)CC1. The lowest BCUT2D eigenvalue weighted by Crippen LogP contribution is -2.48. The fourth-order valence-electron chi connectivity index (χ4n) is 3.20. The maximum atomic E-state index is 12.8. The van der Waals surface area contributed by atoms with Crippen LogP contribution in [0.4, 0.5) is 0 Å². The highest BCUT2D eigenvalue weighted by molar-refractivity contribution is 7.09. The van der Waals surface area contributed by atoms with Crippen molar-refractivity contribution in [3.8, 4) is 11.5 Å². The summed E-state index contributed by atoms with van der Waals surface area (Å²) in [5, 5.41) is 2.11. The summed E-state index contributed by atoms with van der Waals surface area (Å²) in [6.45, 7) is 4.35. The maximum Gasteiger partial charge on any atom is 0.253 e. The summed E-state index contributed by atoms with van der Waals surface area (Å²) in [6.07, 6.45) is 0. The molecule has 0 radical (unpaired) electrons. The second kappa shape index (κ2) is 8.37. The smallest absolute Gasteiger partial charge is 0.253 e. The highest BCUT2D eigenvalue weighted by Gasteiger charge is 2.22. The van der Waals surface area contributed by atoms with Crippen LogP contribution in [-0.2, 0) is 6.54 Å². The molecule has 3 aromatic rings. The van der Waals surface area contributed by atoms with Gasteiger partial charge in [0.05, 0.1) is 0 Å². The van der Waals surface area contributed by atoms with Gasteiger partial charge in [-0.3, -0.25) is 9.69 Å². The van der Waals surface area contributed by atoms with Gasteiger partial charge in [-0.15, -0.1) is 11.3 Å². The van der Waals surface area contributed by atoms with Gasteiger partial charge in [-0.25, -0.2) is 0 Å². The number of hydrogen-bond donors (Lipinski definition) is 0. The number of piperazine rings is 1. The minimum Gasteiger partial charge on any atom is -0.457 e. The maximum absolute atomic E-state index is 12.8. The summed E-state index contributed by atoms with van der Waals surface area (Å²) < 4.78 is 5.79. The third kappa shape index (κ3) is 4.56. The van der Waals surface area contributed by atoms with Crippen LogP contribution in [0.5, 0.6) is 11.5 Å². The van der Waals surface area contributed by atoms with Gasteiger partial charge in [-0.05, 0) is 47.8 Å². The Morgan fingerprint density at radius 2 is 1.56 bits per heavy atom. The minimum absolute atomic E-state index is 0.0945. The van der Waals surface area contributed by atoms with Crippen molar-refractivity contribution in [2.24, 2.45) is 0 Å². The molecule has 1 aliphatic heterocycles. The van der Waals surface area contributed by atoms with Crippen LogP contribution in [0.25, 0.3) is 0 Å². The third-order valence-electron chi connectivity index (χ3n) is 4.70. The molecular formula is C22H22N2O2S. The molecule has 1 saturated heterocycles. The summed E-state index contributed by atoms with van der Waals surface area (Å²) >= 11 is 1.79. The predicted octanol–water partition coefficient (Wildman–Crippen LogP) is 4.50. The average molecular weight is 378 g/mol. The average Bonchev–Trinajstić information content (AvgIpc) is 3.22. The van der Waals surface area contributed by atoms with Crippen molar-refractivity contribution in [3.63, 3.8) is 0 Å². The molecule has 0 unspecified atom stereocenters. The largest absolute Gasteiger partial charge is 0.457 e. The number of ether oxygens (including phenoxy) is 1. The molecule has 0 bridgehead atoms. The van der Waals surface area contributed by atoms with Gasteiger partial charge in [0, 0.05) is 43.2 Å². The van der Waals surface area contributed by atoms with E-state index in [4.69, 9.17) is 4.74 Å². The van der Waals surface area contributed by atoms with Gasteiger partial charge in [-0.2, -0.15) is 0 Å². The van der Waals surface area contributed by atoms with Crippen LogP contribution in [0.3, 0.4) is 0 Å². The zero-order chi connectivity index (χ0) is 18.5. The summed E-state index contributed by atoms with van der Waals surface area (Å²) in [5.74, 6) is 1.62. The number of rotatable bonds is 5. The highest BCUT2D eigenvalue weighted by atomic mass is 32.1. The lowest BCUT2D eigenvalue weighted by molar-refractivity contribution is 0.0629. The lowest BCUT2D eigenvalue weighted by Gasteiger charge is -2.34. The zero-order valence-electron chi connectivity index (χ0n) is 15.1. The second-order valence-corrected chi connectivity index (χ2v) is 7.62. The molecule has 1 aliphatic rings. The van der Waals surface area contributed by atoms with Crippen molar-refractivity contribution in [3.05, 3.63) is 82.6 Å². The Labute approximate surface area is 163 Å². The predicted molar refractivity (Wildman–Crippen MR) is 108 cm³/mol. The van der Waals surface area contributed by atoms with E-state index < -0.39 is 0 Å². The minimum atomic E-state index is 0.0945. The Hall–Kier alpha value is -2.63. The molecule has 1 aromatic heterocycles. The van der Waals surface area contributed by atoms with Gasteiger partial charge in [0.25, 0.3) is 5.91 Å². The van der Waals surface area contributed by atoms with Gasteiger partial charge in [0.1, 0.15) is 11.5 Å². The molecule has 1 amide bonds. The number of amides is 1. The molecule has 138 valence electrons. The molecular weight excluding hydrogens is 356 g/mol. The van der Waals surface area contributed by atoms with Crippen LogP contribution < -0.4 is 4.74 Å². The van der Waals surface area contributed by atoms with Crippen molar-refractivity contribution in [1.29, 1.82) is 0 Å². The topological polar surface area (TPSA) is 32.8 Å². The monoisotopic (exact) mass is 378 g/mol. The van der Waals surface area contributed by atoms with Gasteiger partial charge in [0.2, 0.25) is 0 Å². The van der Waals surface area contributed by atoms with Crippen LogP contribution in [0.1, 0.15) is 15.2 Å². The van der Waals surface area contributed by atoms with Crippen molar-refractivity contribution < 1.29 is 9.53 Å². The van der Waals surface area contributed by atoms with Crippen LogP contribution in [0.15, 0.2) is 72.1 Å². The molecule has 2 aromatic carbocycles. The summed E-state index contributed by atoms with van der Waals surface area (Å²) in [5.41, 5.74) is 0.710. The first-order chi connectivity index (χ1) is 13.3. The number of nitrogens with zero attached hydrogens (tertiary/aromatic N) is 2.